The third kappa shape index (κ3) is 2.57. The minimum absolute atomic E-state index is 0.0746. The summed E-state index contributed by atoms with van der Waals surface area (Å²) in [5, 5.41) is 0. The number of nitrogens with one attached hydrogen (secondary N) is 1. The Kier molecular flexibility index (Phi) is 3.74. The lowest BCUT2D eigenvalue weighted by Crippen LogP contribution is -2.45. The first-order chi connectivity index (χ1) is 10.2. The zero-order valence-corrected chi connectivity index (χ0v) is 11.7. The molecule has 1 fully saturated rings. The molecule has 0 spiro atoms. The summed E-state index contributed by atoms with van der Waals surface area (Å²) in [4.78, 5) is 0. The fourth-order valence-corrected chi connectivity index (χ4v) is 3.08. The average Bonchev–Trinajstić information content (AvgIpc) is 3.31. The van der Waals surface area contributed by atoms with Gasteiger partial charge in [0.2, 0.25) is 0 Å². The van der Waals surface area contributed by atoms with Gasteiger partial charge >= 0.3 is 0 Å². The van der Waals surface area contributed by atoms with E-state index < -0.39 is 11.6 Å². The molecule has 0 saturated heterocycles. The van der Waals surface area contributed by atoms with Crippen LogP contribution in [0, 0.1) is 11.6 Å². The van der Waals surface area contributed by atoms with Crippen LogP contribution in [0.25, 0.3) is 0 Å². The van der Waals surface area contributed by atoms with Gasteiger partial charge in [-0.25, -0.2) is 8.78 Å². The van der Waals surface area contributed by atoms with Crippen LogP contribution in [0.4, 0.5) is 8.78 Å². The molecule has 21 heavy (non-hydrogen) atoms. The van der Waals surface area contributed by atoms with E-state index in [1.807, 2.05) is 18.2 Å². The summed E-state index contributed by atoms with van der Waals surface area (Å²) < 4.78 is 27.2. The molecule has 0 radical (unpaired) electrons. The summed E-state index contributed by atoms with van der Waals surface area (Å²) in [6.07, 6.45) is 2.38. The van der Waals surface area contributed by atoms with E-state index in [4.69, 9.17) is 5.84 Å². The SMILES string of the molecule is NNC(Cc1cccc(F)c1F)C1(c2ccccc2)CC1. The summed E-state index contributed by atoms with van der Waals surface area (Å²) in [5.41, 5.74) is 4.29. The highest BCUT2D eigenvalue weighted by molar-refractivity contribution is 5.35. The van der Waals surface area contributed by atoms with Gasteiger partial charge in [-0.15, -0.1) is 0 Å². The maximum atomic E-state index is 13.9. The van der Waals surface area contributed by atoms with Crippen molar-refractivity contribution in [1.82, 2.24) is 5.43 Å². The van der Waals surface area contributed by atoms with Crippen LogP contribution in [0.5, 0.6) is 0 Å². The van der Waals surface area contributed by atoms with Crippen molar-refractivity contribution in [3.63, 3.8) is 0 Å². The standard InChI is InChI=1S/C17H18F2N2/c18-14-8-4-5-12(16(14)19)11-15(21-20)17(9-10-17)13-6-2-1-3-7-13/h1-8,15,21H,9-11,20H2. The minimum Gasteiger partial charge on any atom is -0.271 e. The minimum atomic E-state index is -0.812. The van der Waals surface area contributed by atoms with E-state index in [-0.39, 0.29) is 11.5 Å². The maximum Gasteiger partial charge on any atom is 0.162 e. The monoisotopic (exact) mass is 288 g/mol. The molecular weight excluding hydrogens is 270 g/mol. The van der Waals surface area contributed by atoms with E-state index in [1.165, 1.54) is 11.6 Å². The van der Waals surface area contributed by atoms with Gasteiger partial charge in [0, 0.05) is 11.5 Å². The number of benzene rings is 2. The number of hydrazine groups is 1. The molecule has 4 heteroatoms. The van der Waals surface area contributed by atoms with Gasteiger partial charge in [-0.3, -0.25) is 11.3 Å². The molecule has 1 saturated carbocycles. The number of nitrogens with two attached hydrogens (primary N) is 1. The predicted octanol–water partition coefficient (Wildman–Crippen LogP) is 3.07. The molecule has 1 unspecified atom stereocenters. The maximum absolute atomic E-state index is 13.9. The summed E-state index contributed by atoms with van der Waals surface area (Å²) in [7, 11) is 0. The second-order valence-corrected chi connectivity index (χ2v) is 5.66. The highest BCUT2D eigenvalue weighted by Crippen LogP contribution is 2.51. The first-order valence-corrected chi connectivity index (χ1v) is 7.12. The van der Waals surface area contributed by atoms with Gasteiger partial charge in [0.1, 0.15) is 0 Å². The lowest BCUT2D eigenvalue weighted by molar-refractivity contribution is 0.409. The molecule has 0 aliphatic heterocycles. The van der Waals surface area contributed by atoms with Gasteiger partial charge < -0.3 is 0 Å². The molecule has 0 aromatic heterocycles. The van der Waals surface area contributed by atoms with Crippen molar-refractivity contribution in [3.05, 3.63) is 71.3 Å². The van der Waals surface area contributed by atoms with Crippen LogP contribution < -0.4 is 11.3 Å². The van der Waals surface area contributed by atoms with Crippen LogP contribution in [0.15, 0.2) is 48.5 Å². The molecule has 0 bridgehead atoms. The fourth-order valence-electron chi connectivity index (χ4n) is 3.08. The van der Waals surface area contributed by atoms with Gasteiger partial charge in [0.25, 0.3) is 0 Å². The van der Waals surface area contributed by atoms with Crippen LogP contribution in [0.3, 0.4) is 0 Å². The highest BCUT2D eigenvalue weighted by atomic mass is 19.2. The van der Waals surface area contributed by atoms with Gasteiger partial charge in [0.05, 0.1) is 0 Å². The van der Waals surface area contributed by atoms with Crippen LogP contribution in [0.1, 0.15) is 24.0 Å². The van der Waals surface area contributed by atoms with Gasteiger partial charge in [0.15, 0.2) is 11.6 Å². The summed E-state index contributed by atoms with van der Waals surface area (Å²) in [6.45, 7) is 0. The third-order valence-corrected chi connectivity index (χ3v) is 4.46. The molecule has 2 aromatic carbocycles. The van der Waals surface area contributed by atoms with Crippen molar-refractivity contribution in [1.29, 1.82) is 0 Å². The highest BCUT2D eigenvalue weighted by Gasteiger charge is 2.50. The quantitative estimate of drug-likeness (QED) is 0.655. The third-order valence-electron chi connectivity index (χ3n) is 4.46. The molecule has 2 aromatic rings. The fraction of sp³-hybridized carbons (Fsp3) is 0.294. The van der Waals surface area contributed by atoms with E-state index >= 15 is 0 Å². The molecule has 2 nitrogen and oxygen atoms in total. The molecule has 1 atom stereocenters. The first kappa shape index (κ1) is 14.2. The molecule has 110 valence electrons. The van der Waals surface area contributed by atoms with E-state index in [2.05, 4.69) is 17.6 Å². The van der Waals surface area contributed by atoms with Crippen molar-refractivity contribution < 1.29 is 8.78 Å². The Morgan fingerprint density at radius 1 is 1.05 bits per heavy atom. The average molecular weight is 288 g/mol. The largest absolute Gasteiger partial charge is 0.271 e. The second-order valence-electron chi connectivity index (χ2n) is 5.66. The normalized spacial score (nSPS) is 17.5. The van der Waals surface area contributed by atoms with E-state index in [1.54, 1.807) is 6.07 Å². The van der Waals surface area contributed by atoms with Crippen molar-refractivity contribution in [2.24, 2.45) is 5.84 Å². The van der Waals surface area contributed by atoms with Crippen molar-refractivity contribution in [2.45, 2.75) is 30.7 Å². The van der Waals surface area contributed by atoms with Crippen LogP contribution in [-0.4, -0.2) is 6.04 Å². The lowest BCUT2D eigenvalue weighted by Gasteiger charge is -2.27. The Balaban J connectivity index is 1.88. The first-order valence-electron chi connectivity index (χ1n) is 7.12. The smallest absolute Gasteiger partial charge is 0.162 e. The molecular formula is C17H18F2N2. The zero-order valence-electron chi connectivity index (χ0n) is 11.7. The van der Waals surface area contributed by atoms with E-state index in [0.29, 0.717) is 12.0 Å². The Morgan fingerprint density at radius 2 is 1.76 bits per heavy atom. The Bertz CT molecular complexity index is 624. The van der Waals surface area contributed by atoms with Crippen molar-refractivity contribution in [3.8, 4) is 0 Å². The molecule has 1 aliphatic rings. The topological polar surface area (TPSA) is 38.0 Å². The van der Waals surface area contributed by atoms with Crippen LogP contribution in [-0.2, 0) is 11.8 Å². The molecule has 0 heterocycles. The Hall–Kier alpha value is -1.78. The number of halogens is 2. The van der Waals surface area contributed by atoms with Crippen LogP contribution in [0.2, 0.25) is 0 Å². The van der Waals surface area contributed by atoms with Gasteiger partial charge in [-0.05, 0) is 36.5 Å². The molecule has 3 rings (SSSR count). The second kappa shape index (κ2) is 5.54. The number of hydrogen-bond acceptors (Lipinski definition) is 2. The van der Waals surface area contributed by atoms with E-state index in [0.717, 1.165) is 18.9 Å². The zero-order chi connectivity index (χ0) is 14.9. The van der Waals surface area contributed by atoms with Gasteiger partial charge in [-0.1, -0.05) is 42.5 Å². The molecule has 1 aliphatic carbocycles. The number of rotatable bonds is 5. The van der Waals surface area contributed by atoms with Crippen molar-refractivity contribution in [2.75, 3.05) is 0 Å². The molecule has 0 amide bonds. The van der Waals surface area contributed by atoms with Crippen molar-refractivity contribution >= 4 is 0 Å². The summed E-state index contributed by atoms with van der Waals surface area (Å²) in [6, 6.07) is 14.3. The van der Waals surface area contributed by atoms with Crippen LogP contribution >= 0.6 is 0 Å². The molecule has 3 N–H and O–H groups in total. The van der Waals surface area contributed by atoms with E-state index in [9.17, 15) is 8.78 Å². The Labute approximate surface area is 122 Å². The lowest BCUT2D eigenvalue weighted by atomic mass is 9.84. The van der Waals surface area contributed by atoms with Gasteiger partial charge in [-0.2, -0.15) is 0 Å². The predicted molar refractivity (Wildman–Crippen MR) is 78.5 cm³/mol. The number of hydrogen-bond donors (Lipinski definition) is 2. The Morgan fingerprint density at radius 3 is 2.38 bits per heavy atom. The summed E-state index contributed by atoms with van der Waals surface area (Å²) in [5.74, 6) is 4.12. The summed E-state index contributed by atoms with van der Waals surface area (Å²) >= 11 is 0.